The van der Waals surface area contributed by atoms with Crippen molar-refractivity contribution in [2.24, 2.45) is 0 Å². The molecule has 0 spiro atoms. The van der Waals surface area contributed by atoms with E-state index in [-0.39, 0.29) is 28.4 Å². The van der Waals surface area contributed by atoms with E-state index in [0.29, 0.717) is 16.7 Å². The molecule has 1 nitrogen and oxygen atoms in total. The molecule has 0 aliphatic rings. The van der Waals surface area contributed by atoms with Gasteiger partial charge in [-0.15, -0.1) is 0 Å². The second-order valence-corrected chi connectivity index (χ2v) is 13.9. The number of fused-ring (bicyclic) bond motifs is 6. The van der Waals surface area contributed by atoms with Gasteiger partial charge in [0.2, 0.25) is 0 Å². The third-order valence-corrected chi connectivity index (χ3v) is 10.7. The smallest absolute Gasteiger partial charge is 0.136 e. The van der Waals surface area contributed by atoms with Crippen molar-refractivity contribution in [3.8, 4) is 55.6 Å². The van der Waals surface area contributed by atoms with E-state index < -0.39 is 30.2 Å². The first kappa shape index (κ1) is 24.9. The van der Waals surface area contributed by atoms with E-state index in [1.54, 1.807) is 6.07 Å². The van der Waals surface area contributed by atoms with E-state index in [2.05, 4.69) is 109 Å². The molecule has 0 saturated heterocycles. The van der Waals surface area contributed by atoms with Gasteiger partial charge in [-0.3, -0.25) is 0 Å². The van der Waals surface area contributed by atoms with Gasteiger partial charge < -0.3 is 4.42 Å². The van der Waals surface area contributed by atoms with Gasteiger partial charge in [-0.2, -0.15) is 0 Å². The lowest BCUT2D eigenvalue weighted by molar-refractivity contribution is 0.669. The quantitative estimate of drug-likeness (QED) is 0.163. The Bertz CT molecular complexity index is 3630. The topological polar surface area (TPSA) is 13.1 Å². The van der Waals surface area contributed by atoms with Gasteiger partial charge in [0.05, 0.1) is 9.60 Å². The SMILES string of the molecule is [2H]c1c([2H])c([2H])c2c(-c3cc(-c4ccc5c(-c6ccccc6)c6ccc(-c7ccccc7)cc6c(-c6ccccc6)c5c4)c4c(c3)oc3ccccc34)c([2H])c([2H])c([2H])c2c1[2H]. The van der Waals surface area contributed by atoms with Gasteiger partial charge in [-0.1, -0.05) is 176 Å². The molecule has 0 fully saturated rings. The third kappa shape index (κ3) is 5.16. The van der Waals surface area contributed by atoms with E-state index in [1.165, 1.54) is 0 Å². The first-order chi connectivity index (χ1) is 30.2. The molecule has 1 heteroatoms. The third-order valence-electron chi connectivity index (χ3n) is 10.7. The fraction of sp³-hybridized carbons (Fsp3) is 0. The highest BCUT2D eigenvalue weighted by Crippen LogP contribution is 2.48. The van der Waals surface area contributed by atoms with E-state index in [9.17, 15) is 1.37 Å². The second kappa shape index (κ2) is 12.7. The number of para-hydroxylation sites is 1. The molecule has 0 N–H and O–H groups in total. The Balaban J connectivity index is 1.29. The minimum Gasteiger partial charge on any atom is -0.456 e. The summed E-state index contributed by atoms with van der Waals surface area (Å²) in [6, 6.07) is 53.3. The molecule has 0 amide bonds. The number of benzene rings is 10. The molecule has 55 heavy (non-hydrogen) atoms. The number of rotatable bonds is 5. The maximum Gasteiger partial charge on any atom is 0.136 e. The summed E-state index contributed by atoms with van der Waals surface area (Å²) in [5.74, 6) is 0. The van der Waals surface area contributed by atoms with Crippen LogP contribution in [0.15, 0.2) is 211 Å². The molecule has 1 aromatic heterocycles. The van der Waals surface area contributed by atoms with Crippen LogP contribution in [-0.4, -0.2) is 0 Å². The first-order valence-electron chi connectivity index (χ1n) is 21.8. The largest absolute Gasteiger partial charge is 0.456 e. The highest BCUT2D eigenvalue weighted by molar-refractivity contribution is 6.23. The number of hydrogen-bond donors (Lipinski definition) is 0. The van der Waals surface area contributed by atoms with Crippen molar-refractivity contribution in [3.63, 3.8) is 0 Å². The molecule has 0 aliphatic heterocycles. The Labute approximate surface area is 329 Å². The molecule has 10 aromatic carbocycles. The van der Waals surface area contributed by atoms with Gasteiger partial charge in [-0.05, 0) is 118 Å². The van der Waals surface area contributed by atoms with Crippen LogP contribution in [0.1, 0.15) is 9.60 Å². The van der Waals surface area contributed by atoms with E-state index in [4.69, 9.17) is 12.6 Å². The first-order valence-corrected chi connectivity index (χ1v) is 18.3. The molecule has 0 aliphatic carbocycles. The van der Waals surface area contributed by atoms with Crippen LogP contribution < -0.4 is 0 Å². The van der Waals surface area contributed by atoms with Crippen LogP contribution in [0, 0.1) is 0 Å². The van der Waals surface area contributed by atoms with Crippen molar-refractivity contribution in [3.05, 3.63) is 206 Å². The van der Waals surface area contributed by atoms with Crippen molar-refractivity contribution in [1.29, 1.82) is 0 Å². The van der Waals surface area contributed by atoms with Gasteiger partial charge in [0.25, 0.3) is 0 Å². The standard InChI is InChI=1S/C54H34O/c1-4-15-35(16-5-1)39-27-29-44-48(31-39)53(38-20-8-3-9-21-38)49-32-40(28-30-45(49)52(44)37-18-6-2-7-19-37)47-33-41(43-25-14-22-36-17-10-11-23-42(36)43)34-51-54(47)46-24-12-13-26-50(46)55-51/h1-34H/i10D,11D,14D,17D,22D,23D,25D. The number of furan rings is 1. The minimum atomic E-state index is -0.490. The second-order valence-electron chi connectivity index (χ2n) is 13.9. The van der Waals surface area contributed by atoms with Crippen molar-refractivity contribution < 1.29 is 14.0 Å². The summed E-state index contributed by atoms with van der Waals surface area (Å²) in [6.45, 7) is 0. The van der Waals surface area contributed by atoms with Crippen molar-refractivity contribution in [2.75, 3.05) is 0 Å². The van der Waals surface area contributed by atoms with E-state index >= 15 is 0 Å². The van der Waals surface area contributed by atoms with Gasteiger partial charge in [-0.25, -0.2) is 0 Å². The molecule has 0 unspecified atom stereocenters. The summed E-state index contributed by atoms with van der Waals surface area (Å²) >= 11 is 0. The zero-order valence-electron chi connectivity index (χ0n) is 36.5. The van der Waals surface area contributed by atoms with Crippen LogP contribution >= 0.6 is 0 Å². The molecule has 0 bridgehead atoms. The molecule has 0 radical (unpaired) electrons. The van der Waals surface area contributed by atoms with E-state index in [0.717, 1.165) is 76.8 Å². The average molecular weight is 706 g/mol. The summed E-state index contributed by atoms with van der Waals surface area (Å²) in [4.78, 5) is 0. The van der Waals surface area contributed by atoms with Crippen LogP contribution in [0.4, 0.5) is 0 Å². The maximum atomic E-state index is 9.24. The highest BCUT2D eigenvalue weighted by Gasteiger charge is 2.21. The predicted molar refractivity (Wildman–Crippen MR) is 233 cm³/mol. The van der Waals surface area contributed by atoms with Gasteiger partial charge >= 0.3 is 0 Å². The number of hydrogen-bond acceptors (Lipinski definition) is 1. The summed E-state index contributed by atoms with van der Waals surface area (Å²) in [5, 5.41) is 6.02. The molecular weight excluding hydrogens is 665 g/mol. The molecule has 256 valence electrons. The van der Waals surface area contributed by atoms with Gasteiger partial charge in [0.1, 0.15) is 11.2 Å². The van der Waals surface area contributed by atoms with Crippen LogP contribution in [0.25, 0.3) is 110 Å². The fourth-order valence-corrected chi connectivity index (χ4v) is 8.29. The molecular formula is C54H34O. The molecule has 0 atom stereocenters. The van der Waals surface area contributed by atoms with Crippen LogP contribution in [0.5, 0.6) is 0 Å². The Morgan fingerprint density at radius 1 is 0.327 bits per heavy atom. The normalized spacial score (nSPS) is 13.4. The van der Waals surface area contributed by atoms with Crippen molar-refractivity contribution in [1.82, 2.24) is 0 Å². The van der Waals surface area contributed by atoms with Gasteiger partial charge in [0.15, 0.2) is 0 Å². The van der Waals surface area contributed by atoms with Gasteiger partial charge in [0, 0.05) is 10.8 Å². The summed E-state index contributed by atoms with van der Waals surface area (Å²) in [5.41, 5.74) is 10.0. The predicted octanol–water partition coefficient (Wildman–Crippen LogP) is 15.4. The Kier molecular flexibility index (Phi) is 5.76. The van der Waals surface area contributed by atoms with Crippen molar-refractivity contribution >= 4 is 54.3 Å². The Morgan fingerprint density at radius 2 is 0.909 bits per heavy atom. The molecule has 11 aromatic rings. The summed E-state index contributed by atoms with van der Waals surface area (Å²) in [6.07, 6.45) is 0. The Morgan fingerprint density at radius 3 is 1.64 bits per heavy atom. The van der Waals surface area contributed by atoms with Crippen LogP contribution in [0.2, 0.25) is 0 Å². The summed E-state index contributed by atoms with van der Waals surface area (Å²) < 4.78 is 68.2. The Hall–Kier alpha value is -7.22. The lowest BCUT2D eigenvalue weighted by Crippen LogP contribution is -1.93. The summed E-state index contributed by atoms with van der Waals surface area (Å²) in [7, 11) is 0. The molecule has 11 rings (SSSR count). The van der Waals surface area contributed by atoms with E-state index in [1.807, 2.05) is 48.5 Å². The molecule has 0 saturated carbocycles. The lowest BCUT2D eigenvalue weighted by Gasteiger charge is -2.20. The zero-order valence-corrected chi connectivity index (χ0v) is 29.5. The lowest BCUT2D eigenvalue weighted by atomic mass is 9.83. The van der Waals surface area contributed by atoms with Crippen LogP contribution in [0.3, 0.4) is 0 Å². The maximum absolute atomic E-state index is 9.24. The minimum absolute atomic E-state index is 0.0291. The molecule has 1 heterocycles. The average Bonchev–Trinajstić information content (AvgIpc) is 3.70. The fourth-order valence-electron chi connectivity index (χ4n) is 8.29. The van der Waals surface area contributed by atoms with Crippen molar-refractivity contribution in [2.45, 2.75) is 0 Å². The highest BCUT2D eigenvalue weighted by atomic mass is 16.3. The monoisotopic (exact) mass is 705 g/mol. The zero-order chi connectivity index (χ0) is 42.4. The van der Waals surface area contributed by atoms with Crippen LogP contribution in [-0.2, 0) is 0 Å².